The molecule has 1 N–H and O–H groups in total. The van der Waals surface area contributed by atoms with E-state index >= 15 is 0 Å². The van der Waals surface area contributed by atoms with E-state index in [4.69, 9.17) is 0 Å². The average molecular weight is 201 g/mol. The minimum atomic E-state index is 0.988. The highest BCUT2D eigenvalue weighted by molar-refractivity contribution is 5.42. The third-order valence-corrected chi connectivity index (χ3v) is 2.26. The maximum Gasteiger partial charge on any atom is 0.0945 e. The summed E-state index contributed by atoms with van der Waals surface area (Å²) in [6.07, 6.45) is 6.75. The number of nitrogens with zero attached hydrogens (tertiary/aromatic N) is 2. The molecule has 0 unspecified atom stereocenters. The number of anilines is 1. The number of hydrogen-bond acceptors (Lipinski definition) is 2. The average Bonchev–Trinajstić information content (AvgIpc) is 2.79. The van der Waals surface area contributed by atoms with Gasteiger partial charge in [0.25, 0.3) is 0 Å². The summed E-state index contributed by atoms with van der Waals surface area (Å²) in [5.41, 5.74) is 1.18. The number of imidazole rings is 1. The molecule has 0 fully saturated rings. The van der Waals surface area contributed by atoms with Gasteiger partial charge in [-0.2, -0.15) is 0 Å². The van der Waals surface area contributed by atoms with Crippen molar-refractivity contribution in [3.05, 3.63) is 49.1 Å². The molecule has 0 bridgehead atoms. The number of aromatic nitrogens is 2. The first-order valence-electron chi connectivity index (χ1n) is 5.20. The summed E-state index contributed by atoms with van der Waals surface area (Å²) in [5, 5.41) is 3.37. The van der Waals surface area contributed by atoms with Gasteiger partial charge < -0.3 is 9.88 Å². The summed E-state index contributed by atoms with van der Waals surface area (Å²) in [7, 11) is 0. The van der Waals surface area contributed by atoms with Crippen molar-refractivity contribution in [3.8, 4) is 0 Å². The largest absolute Gasteiger partial charge is 0.385 e. The van der Waals surface area contributed by atoms with E-state index in [1.165, 1.54) is 5.69 Å². The monoisotopic (exact) mass is 201 g/mol. The molecule has 1 aromatic carbocycles. The fourth-order valence-electron chi connectivity index (χ4n) is 1.47. The lowest BCUT2D eigenvalue weighted by Crippen LogP contribution is -2.05. The molecule has 3 nitrogen and oxygen atoms in total. The van der Waals surface area contributed by atoms with Crippen LogP contribution < -0.4 is 5.32 Å². The zero-order valence-corrected chi connectivity index (χ0v) is 8.63. The molecule has 78 valence electrons. The van der Waals surface area contributed by atoms with Crippen molar-refractivity contribution in [2.75, 3.05) is 11.9 Å². The highest BCUT2D eigenvalue weighted by Gasteiger charge is 1.91. The Hall–Kier alpha value is -1.77. The van der Waals surface area contributed by atoms with Gasteiger partial charge in [-0.15, -0.1) is 0 Å². The molecule has 1 heterocycles. The first-order chi connectivity index (χ1) is 7.45. The predicted molar refractivity (Wildman–Crippen MR) is 61.8 cm³/mol. The molecule has 0 saturated carbocycles. The van der Waals surface area contributed by atoms with Crippen LogP contribution >= 0.6 is 0 Å². The van der Waals surface area contributed by atoms with Crippen LogP contribution in [0.4, 0.5) is 5.69 Å². The predicted octanol–water partition coefficient (Wildman–Crippen LogP) is 2.39. The quantitative estimate of drug-likeness (QED) is 0.753. The number of nitrogens with one attached hydrogen (secondary N) is 1. The first-order valence-corrected chi connectivity index (χ1v) is 5.20. The van der Waals surface area contributed by atoms with Crippen LogP contribution in [0.5, 0.6) is 0 Å². The van der Waals surface area contributed by atoms with Crippen molar-refractivity contribution in [2.45, 2.75) is 13.0 Å². The summed E-state index contributed by atoms with van der Waals surface area (Å²) in [5.74, 6) is 0. The zero-order chi connectivity index (χ0) is 10.3. The number of benzene rings is 1. The van der Waals surface area contributed by atoms with E-state index in [1.54, 1.807) is 0 Å². The zero-order valence-electron chi connectivity index (χ0n) is 8.63. The summed E-state index contributed by atoms with van der Waals surface area (Å²) in [6.45, 7) is 2.00. The second kappa shape index (κ2) is 5.20. The molecule has 1 aromatic heterocycles. The Morgan fingerprint density at radius 3 is 2.80 bits per heavy atom. The van der Waals surface area contributed by atoms with Crippen LogP contribution in [0.25, 0.3) is 0 Å². The van der Waals surface area contributed by atoms with Gasteiger partial charge in [-0.1, -0.05) is 18.2 Å². The Kier molecular flexibility index (Phi) is 3.38. The van der Waals surface area contributed by atoms with Crippen LogP contribution in [-0.2, 0) is 6.54 Å². The van der Waals surface area contributed by atoms with Gasteiger partial charge >= 0.3 is 0 Å². The molecule has 0 amide bonds. The van der Waals surface area contributed by atoms with Gasteiger partial charge in [0.05, 0.1) is 6.33 Å². The van der Waals surface area contributed by atoms with E-state index in [0.717, 1.165) is 19.5 Å². The van der Waals surface area contributed by atoms with Gasteiger partial charge in [-0.3, -0.25) is 0 Å². The normalized spacial score (nSPS) is 10.1. The standard InChI is InChI=1S/C12H15N3/c1-2-5-12(6-3-1)14-7-4-9-15-10-8-13-11-15/h1-3,5-6,8,10-11,14H,4,7,9H2. The second-order valence-electron chi connectivity index (χ2n) is 3.45. The fourth-order valence-corrected chi connectivity index (χ4v) is 1.47. The molecule has 2 rings (SSSR count). The van der Waals surface area contributed by atoms with Gasteiger partial charge in [0.15, 0.2) is 0 Å². The number of para-hydroxylation sites is 1. The van der Waals surface area contributed by atoms with E-state index in [-0.39, 0.29) is 0 Å². The first kappa shape index (κ1) is 9.77. The molecule has 0 aliphatic heterocycles. The van der Waals surface area contributed by atoms with Crippen LogP contribution in [0.3, 0.4) is 0 Å². The summed E-state index contributed by atoms with van der Waals surface area (Å²) in [4.78, 5) is 4.00. The lowest BCUT2D eigenvalue weighted by atomic mass is 10.3. The highest BCUT2D eigenvalue weighted by Crippen LogP contribution is 2.04. The van der Waals surface area contributed by atoms with Crippen LogP contribution in [0, 0.1) is 0 Å². The second-order valence-corrected chi connectivity index (χ2v) is 3.45. The number of rotatable bonds is 5. The highest BCUT2D eigenvalue weighted by atomic mass is 15.0. The minimum absolute atomic E-state index is 0.988. The van der Waals surface area contributed by atoms with Gasteiger partial charge in [0.2, 0.25) is 0 Å². The third kappa shape index (κ3) is 3.13. The van der Waals surface area contributed by atoms with E-state index in [0.29, 0.717) is 0 Å². The topological polar surface area (TPSA) is 29.9 Å². The Morgan fingerprint density at radius 1 is 1.20 bits per heavy atom. The molecular weight excluding hydrogens is 186 g/mol. The van der Waals surface area contributed by atoms with Crippen LogP contribution in [-0.4, -0.2) is 16.1 Å². The maximum absolute atomic E-state index is 4.00. The van der Waals surface area contributed by atoms with E-state index in [2.05, 4.69) is 27.0 Å². The van der Waals surface area contributed by atoms with Crippen LogP contribution in [0.15, 0.2) is 49.1 Å². The number of hydrogen-bond donors (Lipinski definition) is 1. The van der Waals surface area contributed by atoms with Crippen molar-refractivity contribution in [2.24, 2.45) is 0 Å². The van der Waals surface area contributed by atoms with Gasteiger partial charge in [0.1, 0.15) is 0 Å². The van der Waals surface area contributed by atoms with Crippen molar-refractivity contribution in [1.29, 1.82) is 0 Å². The Labute approximate surface area is 89.8 Å². The van der Waals surface area contributed by atoms with Crippen LogP contribution in [0.1, 0.15) is 6.42 Å². The molecule has 0 saturated heterocycles. The van der Waals surface area contributed by atoms with Crippen LogP contribution in [0.2, 0.25) is 0 Å². The van der Waals surface area contributed by atoms with Gasteiger partial charge in [0, 0.05) is 31.2 Å². The minimum Gasteiger partial charge on any atom is -0.385 e. The SMILES string of the molecule is c1ccc(NCCCn2ccnc2)cc1. The summed E-state index contributed by atoms with van der Waals surface area (Å²) >= 11 is 0. The van der Waals surface area contributed by atoms with E-state index < -0.39 is 0 Å². The molecule has 0 aliphatic carbocycles. The van der Waals surface area contributed by atoms with Crippen molar-refractivity contribution in [3.63, 3.8) is 0 Å². The van der Waals surface area contributed by atoms with E-state index in [1.807, 2.05) is 36.9 Å². The number of aryl methyl sites for hydroxylation is 1. The molecule has 0 radical (unpaired) electrons. The lowest BCUT2D eigenvalue weighted by molar-refractivity contribution is 0.661. The van der Waals surface area contributed by atoms with Gasteiger partial charge in [-0.25, -0.2) is 4.98 Å². The Morgan fingerprint density at radius 2 is 2.07 bits per heavy atom. The van der Waals surface area contributed by atoms with Crippen molar-refractivity contribution >= 4 is 5.69 Å². The molecule has 0 atom stereocenters. The fraction of sp³-hybridized carbons (Fsp3) is 0.250. The van der Waals surface area contributed by atoms with Crippen molar-refractivity contribution in [1.82, 2.24) is 9.55 Å². The molecule has 15 heavy (non-hydrogen) atoms. The summed E-state index contributed by atoms with van der Waals surface area (Å²) < 4.78 is 2.09. The Balaban J connectivity index is 1.68. The van der Waals surface area contributed by atoms with E-state index in [9.17, 15) is 0 Å². The maximum atomic E-state index is 4.00. The molecule has 0 spiro atoms. The smallest absolute Gasteiger partial charge is 0.0945 e. The Bertz CT molecular complexity index is 367. The molecule has 3 heteroatoms. The molecule has 0 aliphatic rings. The molecular formula is C12H15N3. The molecule has 2 aromatic rings. The van der Waals surface area contributed by atoms with Crippen molar-refractivity contribution < 1.29 is 0 Å². The third-order valence-electron chi connectivity index (χ3n) is 2.26. The van der Waals surface area contributed by atoms with Gasteiger partial charge in [-0.05, 0) is 18.6 Å². The lowest BCUT2D eigenvalue weighted by Gasteiger charge is -2.06. The summed E-state index contributed by atoms with van der Waals surface area (Å²) in [6, 6.07) is 10.3.